The van der Waals surface area contributed by atoms with Crippen molar-refractivity contribution in [3.8, 4) is 0 Å². The number of halogens is 1. The van der Waals surface area contributed by atoms with E-state index in [0.717, 1.165) is 31.5 Å². The molecule has 0 aliphatic carbocycles. The Kier molecular flexibility index (Phi) is 4.20. The summed E-state index contributed by atoms with van der Waals surface area (Å²) in [5.41, 5.74) is 0.631. The zero-order valence-corrected chi connectivity index (χ0v) is 11.5. The maximum atomic E-state index is 12.9. The van der Waals surface area contributed by atoms with Crippen LogP contribution in [0.25, 0.3) is 0 Å². The molecule has 0 aromatic heterocycles. The largest absolute Gasteiger partial charge is 0.349 e. The Bertz CT molecular complexity index is 438. The standard InChI is InChI=1S/C15H21FN2O/c1-11(12-3-5-13(16)6-4-12)18-14(19)15(2)7-9-17-10-8-15/h3-6,11,17H,7-10H2,1-2H3,(H,18,19)/t11-/m1/s1. The molecule has 1 aliphatic rings. The summed E-state index contributed by atoms with van der Waals surface area (Å²) >= 11 is 0. The van der Waals surface area contributed by atoms with Crippen molar-refractivity contribution in [2.75, 3.05) is 13.1 Å². The first-order chi connectivity index (χ1) is 9.01. The quantitative estimate of drug-likeness (QED) is 0.880. The molecule has 0 saturated carbocycles. The van der Waals surface area contributed by atoms with Gasteiger partial charge in [-0.05, 0) is 50.6 Å². The van der Waals surface area contributed by atoms with E-state index < -0.39 is 0 Å². The summed E-state index contributed by atoms with van der Waals surface area (Å²) in [5.74, 6) is -0.168. The van der Waals surface area contributed by atoms with Crippen molar-refractivity contribution in [1.82, 2.24) is 10.6 Å². The second-order valence-electron chi connectivity index (χ2n) is 5.56. The smallest absolute Gasteiger partial charge is 0.226 e. The predicted molar refractivity (Wildman–Crippen MR) is 73.2 cm³/mol. The molecule has 2 N–H and O–H groups in total. The van der Waals surface area contributed by atoms with Crippen molar-refractivity contribution in [3.63, 3.8) is 0 Å². The van der Waals surface area contributed by atoms with E-state index in [1.54, 1.807) is 12.1 Å². The predicted octanol–water partition coefficient (Wildman–Crippen LogP) is 2.39. The van der Waals surface area contributed by atoms with Gasteiger partial charge in [-0.1, -0.05) is 19.1 Å². The fourth-order valence-corrected chi connectivity index (χ4v) is 2.41. The summed E-state index contributed by atoms with van der Waals surface area (Å²) in [4.78, 5) is 12.4. The van der Waals surface area contributed by atoms with E-state index in [9.17, 15) is 9.18 Å². The van der Waals surface area contributed by atoms with Gasteiger partial charge >= 0.3 is 0 Å². The van der Waals surface area contributed by atoms with Crippen molar-refractivity contribution in [1.29, 1.82) is 0 Å². The molecule has 2 rings (SSSR count). The van der Waals surface area contributed by atoms with Crippen LogP contribution in [0.15, 0.2) is 24.3 Å². The molecule has 1 aromatic carbocycles. The van der Waals surface area contributed by atoms with E-state index in [4.69, 9.17) is 0 Å². The monoisotopic (exact) mass is 264 g/mol. The van der Waals surface area contributed by atoms with Crippen LogP contribution in [0.1, 0.15) is 38.3 Å². The number of hydrogen-bond donors (Lipinski definition) is 2. The van der Waals surface area contributed by atoms with Gasteiger partial charge in [0.25, 0.3) is 0 Å². The van der Waals surface area contributed by atoms with Crippen LogP contribution in [0, 0.1) is 11.2 Å². The van der Waals surface area contributed by atoms with E-state index in [1.165, 1.54) is 12.1 Å². The lowest BCUT2D eigenvalue weighted by atomic mass is 9.80. The lowest BCUT2D eigenvalue weighted by Crippen LogP contribution is -2.46. The maximum Gasteiger partial charge on any atom is 0.226 e. The van der Waals surface area contributed by atoms with Crippen LogP contribution in [0.3, 0.4) is 0 Å². The number of benzene rings is 1. The molecule has 0 radical (unpaired) electrons. The second kappa shape index (κ2) is 5.70. The van der Waals surface area contributed by atoms with Gasteiger partial charge in [-0.2, -0.15) is 0 Å². The van der Waals surface area contributed by atoms with Crippen LogP contribution >= 0.6 is 0 Å². The minimum Gasteiger partial charge on any atom is -0.349 e. The molecule has 1 aromatic rings. The topological polar surface area (TPSA) is 41.1 Å². The summed E-state index contributed by atoms with van der Waals surface area (Å²) < 4.78 is 12.9. The second-order valence-corrected chi connectivity index (χ2v) is 5.56. The zero-order chi connectivity index (χ0) is 13.9. The van der Waals surface area contributed by atoms with Crippen molar-refractivity contribution >= 4 is 5.91 Å². The number of piperidine rings is 1. The molecular weight excluding hydrogens is 243 g/mol. The van der Waals surface area contributed by atoms with Crippen LogP contribution in [-0.4, -0.2) is 19.0 Å². The zero-order valence-electron chi connectivity index (χ0n) is 11.5. The highest BCUT2D eigenvalue weighted by atomic mass is 19.1. The average molecular weight is 264 g/mol. The van der Waals surface area contributed by atoms with Gasteiger partial charge in [0, 0.05) is 5.41 Å². The minimum atomic E-state index is -0.292. The van der Waals surface area contributed by atoms with Gasteiger partial charge in [-0.25, -0.2) is 4.39 Å². The molecule has 0 unspecified atom stereocenters. The highest BCUT2D eigenvalue weighted by Crippen LogP contribution is 2.29. The molecule has 4 heteroatoms. The van der Waals surface area contributed by atoms with Crippen LogP contribution in [0.5, 0.6) is 0 Å². The minimum absolute atomic E-state index is 0.0887. The number of rotatable bonds is 3. The number of nitrogens with one attached hydrogen (secondary N) is 2. The summed E-state index contributed by atoms with van der Waals surface area (Å²) in [6.07, 6.45) is 1.71. The third kappa shape index (κ3) is 3.32. The molecule has 0 spiro atoms. The molecule has 1 fully saturated rings. The van der Waals surface area contributed by atoms with Gasteiger partial charge in [0.05, 0.1) is 6.04 Å². The van der Waals surface area contributed by atoms with Crippen LogP contribution in [0.2, 0.25) is 0 Å². The molecule has 0 bridgehead atoms. The Labute approximate surface area is 113 Å². The number of amides is 1. The Morgan fingerprint density at radius 3 is 2.47 bits per heavy atom. The van der Waals surface area contributed by atoms with E-state index in [-0.39, 0.29) is 23.2 Å². The van der Waals surface area contributed by atoms with E-state index >= 15 is 0 Å². The SMILES string of the molecule is C[C@@H](NC(=O)C1(C)CCNCC1)c1ccc(F)cc1. The summed E-state index contributed by atoms with van der Waals surface area (Å²) in [7, 11) is 0. The first kappa shape index (κ1) is 14.0. The first-order valence-corrected chi connectivity index (χ1v) is 6.78. The first-order valence-electron chi connectivity index (χ1n) is 6.78. The van der Waals surface area contributed by atoms with E-state index in [2.05, 4.69) is 10.6 Å². The number of carbonyl (C=O) groups is 1. The Morgan fingerprint density at radius 1 is 1.32 bits per heavy atom. The normalized spacial score (nSPS) is 19.7. The molecule has 104 valence electrons. The third-order valence-corrected chi connectivity index (χ3v) is 3.97. The fraction of sp³-hybridized carbons (Fsp3) is 0.533. The maximum absolute atomic E-state index is 12.9. The molecule has 1 heterocycles. The Hall–Kier alpha value is -1.42. The van der Waals surface area contributed by atoms with Gasteiger partial charge < -0.3 is 10.6 Å². The lowest BCUT2D eigenvalue weighted by molar-refractivity contribution is -0.132. The third-order valence-electron chi connectivity index (χ3n) is 3.97. The summed E-state index contributed by atoms with van der Waals surface area (Å²) in [6, 6.07) is 6.17. The van der Waals surface area contributed by atoms with Gasteiger partial charge in [0.2, 0.25) is 5.91 Å². The molecule has 3 nitrogen and oxygen atoms in total. The van der Waals surface area contributed by atoms with Crippen molar-refractivity contribution < 1.29 is 9.18 Å². The molecule has 1 atom stereocenters. The van der Waals surface area contributed by atoms with Gasteiger partial charge in [0.1, 0.15) is 5.82 Å². The van der Waals surface area contributed by atoms with Gasteiger partial charge in [-0.3, -0.25) is 4.79 Å². The highest BCUT2D eigenvalue weighted by molar-refractivity contribution is 5.82. The van der Waals surface area contributed by atoms with Crippen LogP contribution in [0.4, 0.5) is 4.39 Å². The number of carbonyl (C=O) groups excluding carboxylic acids is 1. The molecule has 1 aliphatic heterocycles. The number of hydrogen-bond acceptors (Lipinski definition) is 2. The van der Waals surface area contributed by atoms with E-state index in [0.29, 0.717) is 0 Å². The van der Waals surface area contributed by atoms with E-state index in [1.807, 2.05) is 13.8 Å². The highest BCUT2D eigenvalue weighted by Gasteiger charge is 2.35. The average Bonchev–Trinajstić information content (AvgIpc) is 2.40. The van der Waals surface area contributed by atoms with Crippen molar-refractivity contribution in [2.45, 2.75) is 32.7 Å². The van der Waals surface area contributed by atoms with Crippen LogP contribution < -0.4 is 10.6 Å². The van der Waals surface area contributed by atoms with Crippen molar-refractivity contribution in [2.24, 2.45) is 5.41 Å². The van der Waals surface area contributed by atoms with Gasteiger partial charge in [0.15, 0.2) is 0 Å². The Morgan fingerprint density at radius 2 is 1.89 bits per heavy atom. The lowest BCUT2D eigenvalue weighted by Gasteiger charge is -2.33. The van der Waals surface area contributed by atoms with Gasteiger partial charge in [-0.15, -0.1) is 0 Å². The molecular formula is C15H21FN2O. The summed E-state index contributed by atoms with van der Waals surface area (Å²) in [6.45, 7) is 5.71. The molecule has 1 saturated heterocycles. The van der Waals surface area contributed by atoms with Crippen molar-refractivity contribution in [3.05, 3.63) is 35.6 Å². The van der Waals surface area contributed by atoms with Crippen LogP contribution in [-0.2, 0) is 4.79 Å². The summed E-state index contributed by atoms with van der Waals surface area (Å²) in [5, 5.41) is 6.30. The molecule has 19 heavy (non-hydrogen) atoms. The Balaban J connectivity index is 2.00. The molecule has 1 amide bonds. The fourth-order valence-electron chi connectivity index (χ4n) is 2.41.